The van der Waals surface area contributed by atoms with Crippen LogP contribution in [-0.4, -0.2) is 221 Å². The van der Waals surface area contributed by atoms with E-state index in [-0.39, 0.29) is 76.2 Å². The zero-order valence-electron chi connectivity index (χ0n) is 67.4. The number of hydrogen-bond donors (Lipinski definition) is 11. The quantitative estimate of drug-likeness (QED) is 0.0558. The number of aromatic carboxylic acids is 2. The number of Topliss-reactive ketones (excluding diaryl/α,β-unsaturated/α-hetero) is 2. The summed E-state index contributed by atoms with van der Waals surface area (Å²) in [6.07, 6.45) is 16.6. The van der Waals surface area contributed by atoms with Gasteiger partial charge >= 0.3 is 23.6 Å². The number of rotatable bonds is 12. The number of alkyl halides is 2. The van der Waals surface area contributed by atoms with Gasteiger partial charge in [-0.15, -0.1) is 0 Å². The molecule has 28 nitrogen and oxygen atoms in total. The highest BCUT2D eigenvalue weighted by Gasteiger charge is 2.71. The number of halogens is 4. The lowest BCUT2D eigenvalue weighted by atomic mass is 9.46. The van der Waals surface area contributed by atoms with Crippen LogP contribution in [-0.2, 0) is 20.7 Å². The van der Waals surface area contributed by atoms with Crippen LogP contribution >= 0.6 is 0 Å². The first-order valence-corrected chi connectivity index (χ1v) is 42.3. The molecule has 2 bridgehead atoms. The Hall–Kier alpha value is -9.09. The van der Waals surface area contributed by atoms with Crippen molar-refractivity contribution in [2.45, 2.75) is 183 Å². The Balaban J connectivity index is 0.000000113. The molecule has 0 radical (unpaired) electrons. The van der Waals surface area contributed by atoms with Crippen LogP contribution in [0.25, 0.3) is 21.8 Å². The van der Waals surface area contributed by atoms with E-state index in [0.29, 0.717) is 87.9 Å². The minimum absolute atomic E-state index is 0.00826. The number of carboxylic acid groups (broad SMARTS) is 2. The number of pyridine rings is 2. The summed E-state index contributed by atoms with van der Waals surface area (Å²) in [5.41, 5.74) is 5.75. The number of nitrogens with one attached hydrogen (secondary N) is 2. The first-order chi connectivity index (χ1) is 57.3. The molecule has 12 N–H and O–H groups in total. The van der Waals surface area contributed by atoms with Crippen LogP contribution in [0.15, 0.2) is 99.2 Å². The predicted octanol–water partition coefficient (Wildman–Crippen LogP) is 6.84. The molecule has 15 aliphatic rings. The maximum absolute atomic E-state index is 15.3. The molecule has 3 aromatic carbocycles. The van der Waals surface area contributed by atoms with E-state index >= 15 is 4.39 Å². The van der Waals surface area contributed by atoms with Gasteiger partial charge in [0.05, 0.1) is 48.0 Å². The van der Waals surface area contributed by atoms with Gasteiger partial charge in [0.15, 0.2) is 40.6 Å². The van der Waals surface area contributed by atoms with Gasteiger partial charge in [0.25, 0.3) is 0 Å². The topological polar surface area (TPSA) is 404 Å². The van der Waals surface area contributed by atoms with Crippen LogP contribution in [0.5, 0.6) is 5.75 Å². The van der Waals surface area contributed by atoms with Gasteiger partial charge in [-0.1, -0.05) is 43.7 Å². The number of anilines is 3. The molecule has 10 heterocycles. The molecule has 644 valence electrons. The van der Waals surface area contributed by atoms with Crippen LogP contribution in [0.4, 0.5) is 34.8 Å². The van der Waals surface area contributed by atoms with Crippen LogP contribution < -0.4 is 47.5 Å². The summed E-state index contributed by atoms with van der Waals surface area (Å²) in [5, 5.41) is 86.1. The van der Waals surface area contributed by atoms with E-state index in [2.05, 4.69) is 38.7 Å². The first kappa shape index (κ1) is 84.5. The summed E-state index contributed by atoms with van der Waals surface area (Å²) >= 11 is 0. The molecule has 0 spiro atoms. The van der Waals surface area contributed by atoms with Gasteiger partial charge in [-0.3, -0.25) is 28.5 Å². The van der Waals surface area contributed by atoms with Gasteiger partial charge in [0.1, 0.15) is 41.2 Å². The Morgan fingerprint density at radius 1 is 0.750 bits per heavy atom. The number of allylic oxidation sites excluding steroid dienone is 4. The molecule has 16 atom stereocenters. The second kappa shape index (κ2) is 33.0. The van der Waals surface area contributed by atoms with E-state index in [1.807, 2.05) is 27.4 Å². The molecule has 0 amide bonds. The van der Waals surface area contributed by atoms with E-state index in [4.69, 9.17) is 20.3 Å². The fourth-order valence-electron chi connectivity index (χ4n) is 22.8. The molecule has 6 aromatic rings. The van der Waals surface area contributed by atoms with Crippen molar-refractivity contribution in [1.82, 2.24) is 34.2 Å². The average Bonchev–Trinajstić information content (AvgIpc) is 1.49. The molecule has 21 rings (SSSR count). The molecule has 5 unspecified atom stereocenters. The number of piperazine rings is 1. The summed E-state index contributed by atoms with van der Waals surface area (Å²) < 4.78 is 71.9. The Labute approximate surface area is 688 Å². The number of nitrogens with two attached hydrogens (primary N) is 1. The van der Waals surface area contributed by atoms with Crippen molar-refractivity contribution in [3.8, 4) is 5.75 Å². The van der Waals surface area contributed by atoms with Crippen molar-refractivity contribution < 1.29 is 91.9 Å². The Bertz CT molecular complexity index is 5290. The fourth-order valence-corrected chi connectivity index (χ4v) is 22.8. The number of methoxy groups -OCH3 is 1. The highest BCUT2D eigenvalue weighted by atomic mass is 19.3. The zero-order chi connectivity index (χ0) is 85.1. The average molecular weight is 1670 g/mol. The fraction of sp³-hybridized carbons (Fsp3) is 0.580. The van der Waals surface area contributed by atoms with E-state index in [0.717, 1.165) is 113 Å². The van der Waals surface area contributed by atoms with Crippen LogP contribution in [0.1, 0.15) is 177 Å². The summed E-state index contributed by atoms with van der Waals surface area (Å²) in [5.74, 6) is -4.85. The lowest BCUT2D eigenvalue weighted by Crippen LogP contribution is -2.63. The number of piperidine rings is 4. The van der Waals surface area contributed by atoms with Crippen molar-refractivity contribution >= 4 is 68.3 Å². The normalized spacial score (nSPS) is 32.8. The molecule has 3 aromatic heterocycles. The maximum atomic E-state index is 15.3. The Kier molecular flexibility index (Phi) is 23.2. The van der Waals surface area contributed by atoms with Gasteiger partial charge in [-0.2, -0.15) is 13.8 Å². The minimum Gasteiger partial charge on any atom is -0.492 e. The first-order valence-electron chi connectivity index (χ1n) is 42.3. The van der Waals surface area contributed by atoms with Crippen molar-refractivity contribution in [3.05, 3.63) is 155 Å². The number of nitrogens with zero attached hydrogens (tertiary/aromatic N) is 7. The van der Waals surface area contributed by atoms with Gasteiger partial charge in [0, 0.05) is 116 Å². The van der Waals surface area contributed by atoms with E-state index in [1.54, 1.807) is 29.7 Å². The highest BCUT2D eigenvalue weighted by molar-refractivity contribution is 6.02. The minimum atomic E-state index is -3.71. The third kappa shape index (κ3) is 14.9. The molecular formula is C88H106F4N10O18. The smallest absolute Gasteiger partial charge is 0.351 e. The van der Waals surface area contributed by atoms with Crippen molar-refractivity contribution in [2.24, 2.45) is 52.3 Å². The lowest BCUT2D eigenvalue weighted by Gasteiger charge is -2.59. The summed E-state index contributed by atoms with van der Waals surface area (Å²) in [6, 6.07) is 12.3. The number of aromatic nitrogens is 4. The number of hydrogen-bond acceptors (Lipinski definition) is 23. The van der Waals surface area contributed by atoms with Crippen molar-refractivity contribution in [2.75, 3.05) is 101 Å². The molecule has 7 aliphatic heterocycles. The Morgan fingerprint density at radius 3 is 2.08 bits per heavy atom. The molecule has 8 aliphatic carbocycles. The number of carbonyl (C=O) groups is 5. The lowest BCUT2D eigenvalue weighted by molar-refractivity contribution is -0.190. The molecule has 7 saturated heterocycles. The van der Waals surface area contributed by atoms with Crippen molar-refractivity contribution in [1.29, 1.82) is 0 Å². The number of ether oxygens (including phenoxy) is 2. The molecule has 12 fully saturated rings. The number of nitrogen functional groups attached to an aromatic ring is 1. The van der Waals surface area contributed by atoms with E-state index < -0.39 is 112 Å². The third-order valence-electron chi connectivity index (χ3n) is 29.1. The largest absolute Gasteiger partial charge is 0.492 e. The van der Waals surface area contributed by atoms with Gasteiger partial charge in [0.2, 0.25) is 17.1 Å². The number of aliphatic hydroxyl groups is 6. The van der Waals surface area contributed by atoms with Crippen LogP contribution in [0.2, 0.25) is 0 Å². The van der Waals surface area contributed by atoms with Crippen LogP contribution in [0, 0.1) is 63.9 Å². The monoisotopic (exact) mass is 1670 g/mol. The number of aryl methyl sites for hydroxylation is 1. The molecular weight excluding hydrogens is 1560 g/mol. The summed E-state index contributed by atoms with van der Waals surface area (Å²) in [4.78, 5) is 107. The molecule has 32 heteroatoms. The van der Waals surface area contributed by atoms with Gasteiger partial charge in [-0.05, 0) is 205 Å². The summed E-state index contributed by atoms with van der Waals surface area (Å²) in [6.45, 7) is 11.3. The van der Waals surface area contributed by atoms with E-state index in [1.165, 1.54) is 94.5 Å². The number of carbonyl (C=O) groups excluding carboxylic acids is 3. The number of aliphatic hydroxyl groups excluding tert-OH is 5. The zero-order valence-corrected chi connectivity index (χ0v) is 67.4. The van der Waals surface area contributed by atoms with Gasteiger partial charge in [-0.25, -0.2) is 23.2 Å². The molecule has 5 saturated carbocycles. The van der Waals surface area contributed by atoms with Crippen molar-refractivity contribution in [3.63, 3.8) is 0 Å². The van der Waals surface area contributed by atoms with Gasteiger partial charge < -0.3 is 90.5 Å². The maximum Gasteiger partial charge on any atom is 0.351 e. The highest BCUT2D eigenvalue weighted by Crippen LogP contribution is 2.67. The second-order valence-electron chi connectivity index (χ2n) is 35.9. The third-order valence-corrected chi connectivity index (χ3v) is 29.1. The van der Waals surface area contributed by atoms with E-state index in [9.17, 15) is 87.3 Å². The summed E-state index contributed by atoms with van der Waals surface area (Å²) in [7, 11) is 1.48. The second-order valence-corrected chi connectivity index (χ2v) is 35.9. The number of carboxylic acids is 2. The SMILES string of the molecule is COc1c(N2C[C@@H]3CCCN[C@@H]3C2)c(F)cc2c(=O)c(C(=O)O)cn(C3CC3)c12.C[C@]12C=CC(=O)C=C1CC[C@@H]1C2[C@@H](O)C[C@@]2(C)C1C[C@@H](O)[C@]2(O)C(=O)CO.Nc1ccn(C2OC(CO)C(O)C2(F)F)c(=O)n1.O=C(O)c1cn(C2CC2)c2cc(N3CCNCC3)c(F)cc2c1=O.O=C1c2cccc3c2[C@H](CCC3)C[C@H]1[C@@H]1CN2CCC1CC2. The number of ketones is 3. The molecule has 120 heavy (non-hydrogen) atoms. The number of fused-ring (bicyclic) bond motifs is 11. The predicted molar refractivity (Wildman–Crippen MR) is 434 cm³/mol. The number of benzene rings is 3. The standard InChI is InChI=1S/C21H24FN3O4.C21H28O6.C20H25NO.C17H18FN3O3.C9H11F2N3O4/c1-29-20-17-13(19(26)14(21(27)28)9-25(17)12-4-5-12)7-15(22)18(20)24-8-11-3-2-6-23-16(11)10-24;1-19-6-5-12(23)7-11(19)3-4-13-14-8-16(25)21(27,17(26)10-22)20(14,2)9-15(24)18(13)19;22-20-16-6-2-4-14-3-1-5-15(19(14)16)11-17(20)18-12-21-9-7-13(18)8-10-21;18-13-7-11-14(8-15(13)20-5-3-19-4-6-20)21(10-1-2-10)9-12(16(11)22)17(23)24;10-9(11)6(16)4(3-15)18-7(9)14-2-1-5(12)13-8(14)17/h7,9,11-12,16,23H,2-6,8,10H2,1H3,(H,27,28);5-7,13-16,18,22,24-25,27H,3-4,8-10H2,1-2H3;2,4,6,13,15,17-18H,1,3,5,7-12H2;7-10,19H,1-6H2,(H,23,24);1-2,4,6-7,15-16H,3H2,(H2,12,13,17)/t11-,16+;13-,14?,15-,16+,18?,19-,20-,21-;15-,17+,18-;;/m001../s1. The van der Waals surface area contributed by atoms with Crippen LogP contribution in [0.3, 0.4) is 0 Å². The Morgan fingerprint density at radius 2 is 1.44 bits per heavy atom.